The van der Waals surface area contributed by atoms with Crippen molar-refractivity contribution in [3.63, 3.8) is 0 Å². The number of rotatable bonds is 8. The van der Waals surface area contributed by atoms with Crippen molar-refractivity contribution >= 4 is 39.1 Å². The van der Waals surface area contributed by atoms with Crippen molar-refractivity contribution < 1.29 is 9.47 Å². The molecule has 0 heterocycles. The molecule has 5 heteroatoms. The number of hydrogen-bond donors (Lipinski definition) is 0. The van der Waals surface area contributed by atoms with E-state index < -0.39 is 0 Å². The molecule has 0 aliphatic rings. The van der Waals surface area contributed by atoms with Crippen LogP contribution in [0.2, 0.25) is 0 Å². The summed E-state index contributed by atoms with van der Waals surface area (Å²) in [6.07, 6.45) is -0.0217. The van der Waals surface area contributed by atoms with Crippen LogP contribution in [0.4, 0.5) is 0 Å². The van der Waals surface area contributed by atoms with Gasteiger partial charge in [0, 0.05) is 18.4 Å². The first kappa shape index (κ1) is 15.0. The van der Waals surface area contributed by atoms with Gasteiger partial charge in [-0.3, -0.25) is 0 Å². The standard InChI is InChI=1S/C9H17BrCl2O2/c1-3-13-6-7(2)14-9(5-12)8(10)4-11/h7-9H,3-6H2,1-2H3. The molecule has 0 bridgehead atoms. The van der Waals surface area contributed by atoms with E-state index in [0.717, 1.165) is 0 Å². The van der Waals surface area contributed by atoms with Gasteiger partial charge in [0.1, 0.15) is 0 Å². The van der Waals surface area contributed by atoms with Crippen LogP contribution in [-0.4, -0.2) is 42.0 Å². The van der Waals surface area contributed by atoms with Crippen LogP contribution < -0.4 is 0 Å². The van der Waals surface area contributed by atoms with Gasteiger partial charge in [-0.05, 0) is 13.8 Å². The van der Waals surface area contributed by atoms with Crippen LogP contribution in [0.15, 0.2) is 0 Å². The lowest BCUT2D eigenvalue weighted by Crippen LogP contribution is -2.32. The molecule has 0 radical (unpaired) electrons. The number of hydrogen-bond acceptors (Lipinski definition) is 2. The van der Waals surface area contributed by atoms with E-state index in [4.69, 9.17) is 32.7 Å². The molecule has 3 atom stereocenters. The molecule has 0 aromatic carbocycles. The SMILES string of the molecule is CCOCC(C)OC(CCl)C(Br)CCl. The molecule has 14 heavy (non-hydrogen) atoms. The fourth-order valence-corrected chi connectivity index (χ4v) is 1.95. The molecule has 0 aromatic heterocycles. The monoisotopic (exact) mass is 306 g/mol. The van der Waals surface area contributed by atoms with Crippen LogP contribution in [0, 0.1) is 0 Å². The van der Waals surface area contributed by atoms with Crippen molar-refractivity contribution in [2.24, 2.45) is 0 Å². The van der Waals surface area contributed by atoms with Gasteiger partial charge in [0.15, 0.2) is 0 Å². The molecule has 0 fully saturated rings. The summed E-state index contributed by atoms with van der Waals surface area (Å²) in [6.45, 7) is 5.21. The summed E-state index contributed by atoms with van der Waals surface area (Å²) in [5.41, 5.74) is 0. The molecule has 2 nitrogen and oxygen atoms in total. The summed E-state index contributed by atoms with van der Waals surface area (Å²) in [6, 6.07) is 0. The Morgan fingerprint density at radius 2 is 1.93 bits per heavy atom. The molecule has 0 rings (SSSR count). The van der Waals surface area contributed by atoms with Crippen molar-refractivity contribution in [2.75, 3.05) is 25.0 Å². The van der Waals surface area contributed by atoms with Gasteiger partial charge in [0.25, 0.3) is 0 Å². The Hall–Kier alpha value is 0.980. The third-order valence-corrected chi connectivity index (χ3v) is 3.59. The zero-order valence-electron chi connectivity index (χ0n) is 8.51. The van der Waals surface area contributed by atoms with Gasteiger partial charge in [-0.25, -0.2) is 0 Å². The van der Waals surface area contributed by atoms with Gasteiger partial charge >= 0.3 is 0 Å². The van der Waals surface area contributed by atoms with E-state index in [1.165, 1.54) is 0 Å². The van der Waals surface area contributed by atoms with Crippen LogP contribution in [0.25, 0.3) is 0 Å². The summed E-state index contributed by atoms with van der Waals surface area (Å²) >= 11 is 14.9. The van der Waals surface area contributed by atoms with Crippen molar-refractivity contribution in [1.29, 1.82) is 0 Å². The van der Waals surface area contributed by atoms with E-state index in [-0.39, 0.29) is 17.0 Å². The maximum absolute atomic E-state index is 5.76. The van der Waals surface area contributed by atoms with Crippen molar-refractivity contribution in [3.8, 4) is 0 Å². The van der Waals surface area contributed by atoms with Crippen molar-refractivity contribution in [1.82, 2.24) is 0 Å². The summed E-state index contributed by atoms with van der Waals surface area (Å²) in [5.74, 6) is 0.915. The molecule has 0 aromatic rings. The second-order valence-corrected chi connectivity index (χ2v) is 4.76. The average molecular weight is 308 g/mol. The molecule has 0 amide bonds. The highest BCUT2D eigenvalue weighted by Crippen LogP contribution is 2.15. The zero-order valence-corrected chi connectivity index (χ0v) is 11.6. The molecule has 0 spiro atoms. The largest absolute Gasteiger partial charge is 0.379 e. The average Bonchev–Trinajstić information content (AvgIpc) is 2.21. The van der Waals surface area contributed by atoms with Gasteiger partial charge in [-0.2, -0.15) is 0 Å². The third-order valence-electron chi connectivity index (χ3n) is 1.67. The van der Waals surface area contributed by atoms with E-state index in [2.05, 4.69) is 15.9 Å². The van der Waals surface area contributed by atoms with Crippen molar-refractivity contribution in [3.05, 3.63) is 0 Å². The number of halogens is 3. The highest BCUT2D eigenvalue weighted by atomic mass is 79.9. The summed E-state index contributed by atoms with van der Waals surface area (Å²) in [4.78, 5) is 0.0887. The van der Waals surface area contributed by atoms with Crippen LogP contribution in [0.5, 0.6) is 0 Å². The van der Waals surface area contributed by atoms with Crippen LogP contribution >= 0.6 is 39.1 Å². The minimum Gasteiger partial charge on any atom is -0.379 e. The predicted molar refractivity (Wildman–Crippen MR) is 65.0 cm³/mol. The van der Waals surface area contributed by atoms with E-state index in [9.17, 15) is 0 Å². The minimum absolute atomic E-state index is 0.0435. The summed E-state index contributed by atoms with van der Waals surface area (Å²) in [7, 11) is 0. The third kappa shape index (κ3) is 6.46. The molecule has 3 unspecified atom stereocenters. The Morgan fingerprint density at radius 3 is 2.36 bits per heavy atom. The quantitative estimate of drug-likeness (QED) is 0.642. The van der Waals surface area contributed by atoms with Gasteiger partial charge < -0.3 is 9.47 Å². The molecule has 86 valence electrons. The van der Waals surface area contributed by atoms with Gasteiger partial charge in [-0.15, -0.1) is 23.2 Å². The second kappa shape index (κ2) is 9.22. The molecule has 0 aliphatic carbocycles. The first-order valence-corrected chi connectivity index (χ1v) is 6.63. The van der Waals surface area contributed by atoms with Gasteiger partial charge in [-0.1, -0.05) is 15.9 Å². The summed E-state index contributed by atoms with van der Waals surface area (Å²) < 4.78 is 10.9. The number of ether oxygens (including phenoxy) is 2. The lowest BCUT2D eigenvalue weighted by atomic mass is 10.3. The molecule has 0 saturated heterocycles. The van der Waals surface area contributed by atoms with Gasteiger partial charge in [0.05, 0.1) is 23.6 Å². The molecule has 0 saturated carbocycles. The summed E-state index contributed by atoms with van der Waals surface area (Å²) in [5, 5.41) is 0. The molecule has 0 aliphatic heterocycles. The predicted octanol–water partition coefficient (Wildman–Crippen LogP) is 3.04. The lowest BCUT2D eigenvalue weighted by Gasteiger charge is -2.23. The second-order valence-electron chi connectivity index (χ2n) is 2.97. The van der Waals surface area contributed by atoms with Crippen molar-refractivity contribution in [2.45, 2.75) is 30.9 Å². The fourth-order valence-electron chi connectivity index (χ4n) is 0.939. The van der Waals surface area contributed by atoms with E-state index in [1.807, 2.05) is 13.8 Å². The van der Waals surface area contributed by atoms with E-state index in [0.29, 0.717) is 25.0 Å². The highest BCUT2D eigenvalue weighted by molar-refractivity contribution is 9.09. The van der Waals surface area contributed by atoms with Crippen LogP contribution in [0.1, 0.15) is 13.8 Å². The maximum atomic E-state index is 5.76. The maximum Gasteiger partial charge on any atom is 0.0851 e. The smallest absolute Gasteiger partial charge is 0.0851 e. The Balaban J connectivity index is 3.79. The topological polar surface area (TPSA) is 18.5 Å². The lowest BCUT2D eigenvalue weighted by molar-refractivity contribution is -0.0360. The van der Waals surface area contributed by atoms with E-state index >= 15 is 0 Å². The Bertz CT molecular complexity index is 138. The number of alkyl halides is 3. The molecular formula is C9H17BrCl2O2. The highest BCUT2D eigenvalue weighted by Gasteiger charge is 2.20. The minimum atomic E-state index is -0.0652. The Kier molecular flexibility index (Phi) is 9.87. The van der Waals surface area contributed by atoms with Crippen LogP contribution in [-0.2, 0) is 9.47 Å². The van der Waals surface area contributed by atoms with Gasteiger partial charge in [0.2, 0.25) is 0 Å². The Morgan fingerprint density at radius 1 is 1.29 bits per heavy atom. The molecular weight excluding hydrogens is 291 g/mol. The van der Waals surface area contributed by atoms with E-state index in [1.54, 1.807) is 0 Å². The zero-order chi connectivity index (χ0) is 11.0. The Labute approximate surface area is 104 Å². The first-order chi connectivity index (χ1) is 6.65. The molecule has 0 N–H and O–H groups in total. The van der Waals surface area contributed by atoms with Crippen LogP contribution in [0.3, 0.4) is 0 Å². The first-order valence-electron chi connectivity index (χ1n) is 4.64. The fraction of sp³-hybridized carbons (Fsp3) is 1.00. The normalized spacial score (nSPS) is 17.8.